The molecule has 0 bridgehead atoms. The third-order valence-electron chi connectivity index (χ3n) is 4.63. The van der Waals surface area contributed by atoms with Crippen molar-refractivity contribution < 1.29 is 18.7 Å². The molecule has 0 atom stereocenters. The Labute approximate surface area is 151 Å². The van der Waals surface area contributed by atoms with Gasteiger partial charge in [-0.2, -0.15) is 0 Å². The lowest BCUT2D eigenvalue weighted by Crippen LogP contribution is -2.17. The van der Waals surface area contributed by atoms with Gasteiger partial charge in [0.15, 0.2) is 17.3 Å². The number of Topliss-reactive ketones (excluding diaryl/α,β-unsaturated/α-hetero) is 1. The summed E-state index contributed by atoms with van der Waals surface area (Å²) in [5, 5.41) is 0.924. The highest BCUT2D eigenvalue weighted by Crippen LogP contribution is 2.33. The number of nitrogens with zero attached hydrogens (tertiary/aromatic N) is 1. The molecule has 26 heavy (non-hydrogen) atoms. The van der Waals surface area contributed by atoms with Crippen LogP contribution in [0.25, 0.3) is 11.0 Å². The molecule has 4 rings (SSSR count). The summed E-state index contributed by atoms with van der Waals surface area (Å²) in [5.74, 6) is 1.61. The van der Waals surface area contributed by atoms with Crippen molar-refractivity contribution in [2.24, 2.45) is 4.99 Å². The van der Waals surface area contributed by atoms with E-state index in [0.717, 1.165) is 28.6 Å². The highest BCUT2D eigenvalue weighted by molar-refractivity contribution is 6.16. The summed E-state index contributed by atoms with van der Waals surface area (Å²) in [6.07, 6.45) is 1.01. The average molecular weight is 349 g/mol. The second kappa shape index (κ2) is 6.67. The molecule has 5 nitrogen and oxygen atoms in total. The molecule has 3 aromatic rings. The quantitative estimate of drug-likeness (QED) is 0.652. The third-order valence-corrected chi connectivity index (χ3v) is 4.63. The lowest BCUT2D eigenvalue weighted by molar-refractivity contribution is 0.0976. The predicted octanol–water partition coefficient (Wildman–Crippen LogP) is 4.07. The van der Waals surface area contributed by atoms with Crippen molar-refractivity contribution >= 4 is 22.5 Å². The van der Waals surface area contributed by atoms with Crippen LogP contribution < -0.4 is 9.47 Å². The molecule has 1 aliphatic rings. The first-order valence-corrected chi connectivity index (χ1v) is 8.50. The van der Waals surface area contributed by atoms with E-state index in [1.165, 1.54) is 0 Å². The first-order chi connectivity index (χ1) is 12.7. The Balaban J connectivity index is 1.65. The number of para-hydroxylation sites is 1. The Morgan fingerprint density at radius 2 is 1.88 bits per heavy atom. The maximum Gasteiger partial charge on any atom is 0.203 e. The molecule has 0 spiro atoms. The molecular formula is C21H19NO4. The molecule has 0 N–H and O–H groups in total. The van der Waals surface area contributed by atoms with Gasteiger partial charge < -0.3 is 13.9 Å². The van der Waals surface area contributed by atoms with Gasteiger partial charge in [0.25, 0.3) is 0 Å². The Kier molecular flexibility index (Phi) is 4.21. The van der Waals surface area contributed by atoms with Crippen LogP contribution in [0.2, 0.25) is 0 Å². The van der Waals surface area contributed by atoms with Crippen molar-refractivity contribution in [2.75, 3.05) is 20.8 Å². The number of ether oxygens (including phenoxy) is 2. The van der Waals surface area contributed by atoms with Crippen LogP contribution in [0, 0.1) is 0 Å². The van der Waals surface area contributed by atoms with Gasteiger partial charge in [-0.1, -0.05) is 18.2 Å². The molecule has 0 radical (unpaired) electrons. The van der Waals surface area contributed by atoms with Crippen LogP contribution in [0.4, 0.5) is 0 Å². The summed E-state index contributed by atoms with van der Waals surface area (Å²) in [6, 6.07) is 13.3. The van der Waals surface area contributed by atoms with Crippen LogP contribution in [-0.2, 0) is 6.42 Å². The number of rotatable bonds is 5. The molecule has 1 aromatic heterocycles. The minimum Gasteiger partial charge on any atom is -0.493 e. The van der Waals surface area contributed by atoms with E-state index in [-0.39, 0.29) is 12.2 Å². The average Bonchev–Trinajstić information content (AvgIpc) is 3.11. The topological polar surface area (TPSA) is 61.0 Å². The Morgan fingerprint density at radius 1 is 1.12 bits per heavy atom. The second-order valence-corrected chi connectivity index (χ2v) is 6.19. The molecule has 0 saturated carbocycles. The van der Waals surface area contributed by atoms with Gasteiger partial charge in [-0.3, -0.25) is 9.79 Å². The number of ketones is 1. The third kappa shape index (κ3) is 2.86. The zero-order valence-corrected chi connectivity index (χ0v) is 14.7. The Bertz CT molecular complexity index is 983. The van der Waals surface area contributed by atoms with E-state index >= 15 is 0 Å². The van der Waals surface area contributed by atoms with Crippen LogP contribution in [0.3, 0.4) is 0 Å². The molecule has 1 aliphatic heterocycles. The van der Waals surface area contributed by atoms with Crippen molar-refractivity contribution in [3.8, 4) is 11.5 Å². The zero-order chi connectivity index (χ0) is 18.1. The number of carbonyl (C=O) groups is 1. The molecule has 2 heterocycles. The molecule has 132 valence electrons. The second-order valence-electron chi connectivity index (χ2n) is 6.19. The molecule has 2 aromatic carbocycles. The number of methoxy groups -OCH3 is 2. The molecule has 0 amide bonds. The van der Waals surface area contributed by atoms with Gasteiger partial charge in [0.2, 0.25) is 5.78 Å². The van der Waals surface area contributed by atoms with Crippen LogP contribution in [0.15, 0.2) is 51.9 Å². The molecule has 5 heteroatoms. The summed E-state index contributed by atoms with van der Waals surface area (Å²) in [4.78, 5) is 17.3. The van der Waals surface area contributed by atoms with Gasteiger partial charge in [-0.25, -0.2) is 0 Å². The number of hydrogen-bond acceptors (Lipinski definition) is 5. The highest BCUT2D eigenvalue weighted by Gasteiger charge is 2.22. The highest BCUT2D eigenvalue weighted by atomic mass is 16.5. The normalized spacial score (nSPS) is 13.2. The summed E-state index contributed by atoms with van der Waals surface area (Å²) in [6.45, 7) is 0.658. The van der Waals surface area contributed by atoms with E-state index in [0.29, 0.717) is 29.4 Å². The zero-order valence-electron chi connectivity index (χ0n) is 14.7. The maximum atomic E-state index is 12.7. The van der Waals surface area contributed by atoms with E-state index in [4.69, 9.17) is 13.9 Å². The predicted molar refractivity (Wildman–Crippen MR) is 99.8 cm³/mol. The fraction of sp³-hybridized carbons (Fsp3) is 0.238. The first kappa shape index (κ1) is 16.4. The molecule has 0 fully saturated rings. The standard InChI is InChI=1S/C21H19NO4/c1-24-20-9-13-7-8-22-16(15(13)11-21(20)25-2)12-17(23)19-10-14-5-3-4-6-18(14)26-19/h3-6,9-11H,7-8,12H2,1-2H3. The van der Waals surface area contributed by atoms with Gasteiger partial charge in [0.1, 0.15) is 5.58 Å². The minimum absolute atomic E-state index is 0.0809. The van der Waals surface area contributed by atoms with E-state index in [1.807, 2.05) is 36.4 Å². The number of fused-ring (bicyclic) bond motifs is 2. The van der Waals surface area contributed by atoms with Crippen LogP contribution in [0.5, 0.6) is 11.5 Å². The minimum atomic E-state index is -0.0809. The monoisotopic (exact) mass is 349 g/mol. The molecule has 0 aliphatic carbocycles. The van der Waals surface area contributed by atoms with Crippen molar-refractivity contribution in [3.05, 3.63) is 59.4 Å². The van der Waals surface area contributed by atoms with E-state index < -0.39 is 0 Å². The van der Waals surface area contributed by atoms with Gasteiger partial charge >= 0.3 is 0 Å². The van der Waals surface area contributed by atoms with Crippen LogP contribution >= 0.6 is 0 Å². The maximum absolute atomic E-state index is 12.7. The van der Waals surface area contributed by atoms with Crippen LogP contribution in [0.1, 0.15) is 28.1 Å². The lowest BCUT2D eigenvalue weighted by atomic mass is 9.93. The van der Waals surface area contributed by atoms with Gasteiger partial charge in [0.05, 0.1) is 26.4 Å². The van der Waals surface area contributed by atoms with Gasteiger partial charge in [-0.05, 0) is 36.2 Å². The smallest absolute Gasteiger partial charge is 0.203 e. The number of aliphatic imine (C=N–C) groups is 1. The Morgan fingerprint density at radius 3 is 2.65 bits per heavy atom. The van der Waals surface area contributed by atoms with Gasteiger partial charge in [-0.15, -0.1) is 0 Å². The van der Waals surface area contributed by atoms with Crippen LogP contribution in [-0.4, -0.2) is 32.3 Å². The number of benzene rings is 2. The van der Waals surface area contributed by atoms with Crippen molar-refractivity contribution in [2.45, 2.75) is 12.8 Å². The van der Waals surface area contributed by atoms with Crippen molar-refractivity contribution in [1.29, 1.82) is 0 Å². The number of hydrogen-bond donors (Lipinski definition) is 0. The summed E-state index contributed by atoms with van der Waals surface area (Å²) in [7, 11) is 3.22. The SMILES string of the molecule is COc1cc2c(cc1OC)C(CC(=O)c1cc3ccccc3o1)=NCC2. The summed E-state index contributed by atoms with van der Waals surface area (Å²) < 4.78 is 16.5. The van der Waals surface area contributed by atoms with Crippen molar-refractivity contribution in [1.82, 2.24) is 0 Å². The first-order valence-electron chi connectivity index (χ1n) is 8.50. The number of carbonyl (C=O) groups excluding carboxylic acids is 1. The molecule has 0 unspecified atom stereocenters. The van der Waals surface area contributed by atoms with Gasteiger partial charge in [0, 0.05) is 17.5 Å². The van der Waals surface area contributed by atoms with Crippen molar-refractivity contribution in [3.63, 3.8) is 0 Å². The molecule has 0 saturated heterocycles. The largest absolute Gasteiger partial charge is 0.493 e. The van der Waals surface area contributed by atoms with E-state index in [9.17, 15) is 4.79 Å². The Hall–Kier alpha value is -3.08. The lowest BCUT2D eigenvalue weighted by Gasteiger charge is -2.19. The van der Waals surface area contributed by atoms with E-state index in [1.54, 1.807) is 20.3 Å². The van der Waals surface area contributed by atoms with E-state index in [2.05, 4.69) is 4.99 Å². The number of furan rings is 1. The summed E-state index contributed by atoms with van der Waals surface area (Å²) >= 11 is 0. The summed E-state index contributed by atoms with van der Waals surface area (Å²) in [5.41, 5.74) is 3.54. The molecular weight excluding hydrogens is 330 g/mol. The fourth-order valence-electron chi connectivity index (χ4n) is 3.30. The fourth-order valence-corrected chi connectivity index (χ4v) is 3.30.